The van der Waals surface area contributed by atoms with Gasteiger partial charge in [0.2, 0.25) is 0 Å². The molecule has 0 saturated carbocycles. The van der Waals surface area contributed by atoms with Gasteiger partial charge < -0.3 is 24.9 Å². The first kappa shape index (κ1) is 23.2. The fourth-order valence-corrected chi connectivity index (χ4v) is 3.37. The third kappa shape index (κ3) is 6.78. The maximum atomic E-state index is 6.20. The second-order valence-corrected chi connectivity index (χ2v) is 7.37. The zero-order valence-corrected chi connectivity index (χ0v) is 19.0. The highest BCUT2D eigenvalue weighted by molar-refractivity contribution is 5.94. The summed E-state index contributed by atoms with van der Waals surface area (Å²) in [5.41, 5.74) is 9.25. The van der Waals surface area contributed by atoms with Gasteiger partial charge in [-0.25, -0.2) is 4.99 Å². The first-order valence-corrected chi connectivity index (χ1v) is 10.8. The van der Waals surface area contributed by atoms with Gasteiger partial charge in [0.25, 0.3) is 0 Å². The zero-order valence-electron chi connectivity index (χ0n) is 19.0. The minimum Gasteiger partial charge on any atom is -0.494 e. The number of furan rings is 1. The van der Waals surface area contributed by atoms with E-state index in [4.69, 9.17) is 19.6 Å². The van der Waals surface area contributed by atoms with Crippen LogP contribution in [0, 0.1) is 0 Å². The summed E-state index contributed by atoms with van der Waals surface area (Å²) in [4.78, 5) is 6.77. The van der Waals surface area contributed by atoms with Gasteiger partial charge in [-0.1, -0.05) is 24.3 Å². The molecule has 0 fully saturated rings. The van der Waals surface area contributed by atoms with Crippen LogP contribution in [0.25, 0.3) is 0 Å². The molecule has 1 heterocycles. The number of rotatable bonds is 11. The Balaban J connectivity index is 1.68. The van der Waals surface area contributed by atoms with Gasteiger partial charge in [-0.3, -0.25) is 4.90 Å². The molecule has 7 heteroatoms. The van der Waals surface area contributed by atoms with Crippen molar-refractivity contribution in [3.63, 3.8) is 0 Å². The van der Waals surface area contributed by atoms with E-state index in [0.717, 1.165) is 35.9 Å². The smallest absolute Gasteiger partial charge is 0.193 e. The topological polar surface area (TPSA) is 85.2 Å². The van der Waals surface area contributed by atoms with Crippen LogP contribution in [-0.4, -0.2) is 31.1 Å². The minimum atomic E-state index is 0.318. The van der Waals surface area contributed by atoms with E-state index in [9.17, 15) is 0 Å². The number of aliphatic imine (C=N–C) groups is 1. The molecule has 1 aromatic heterocycles. The van der Waals surface area contributed by atoms with Gasteiger partial charge in [0.15, 0.2) is 5.96 Å². The third-order valence-electron chi connectivity index (χ3n) is 4.81. The number of guanidine groups is 1. The minimum absolute atomic E-state index is 0.318. The van der Waals surface area contributed by atoms with E-state index in [0.29, 0.717) is 31.5 Å². The van der Waals surface area contributed by atoms with E-state index >= 15 is 0 Å². The third-order valence-corrected chi connectivity index (χ3v) is 4.81. The second kappa shape index (κ2) is 11.8. The Kier molecular flexibility index (Phi) is 8.57. The molecule has 0 aliphatic carbocycles. The molecule has 32 heavy (non-hydrogen) atoms. The molecule has 3 aromatic rings. The first-order valence-electron chi connectivity index (χ1n) is 10.8. The van der Waals surface area contributed by atoms with E-state index in [1.165, 1.54) is 5.56 Å². The predicted molar refractivity (Wildman–Crippen MR) is 128 cm³/mol. The Morgan fingerprint density at radius 2 is 1.78 bits per heavy atom. The molecule has 170 valence electrons. The lowest BCUT2D eigenvalue weighted by Gasteiger charge is -2.17. The number of nitrogens with two attached hydrogens (primary N) is 1. The highest BCUT2D eigenvalue weighted by Gasteiger charge is 2.09. The van der Waals surface area contributed by atoms with Crippen molar-refractivity contribution in [1.29, 1.82) is 0 Å². The summed E-state index contributed by atoms with van der Waals surface area (Å²) in [6.45, 7) is 7.02. The summed E-state index contributed by atoms with van der Waals surface area (Å²) in [6, 6.07) is 17.8. The molecular formula is C25H32N4O3. The van der Waals surface area contributed by atoms with Crippen molar-refractivity contribution in [2.75, 3.05) is 25.6 Å². The summed E-state index contributed by atoms with van der Waals surface area (Å²) in [6.07, 6.45) is 1.70. The number of anilines is 1. The van der Waals surface area contributed by atoms with Gasteiger partial charge in [0, 0.05) is 12.6 Å². The fraction of sp³-hybridized carbons (Fsp3) is 0.320. The molecule has 2 aromatic carbocycles. The molecule has 0 radical (unpaired) electrons. The fourth-order valence-electron chi connectivity index (χ4n) is 3.37. The van der Waals surface area contributed by atoms with Crippen LogP contribution in [0.5, 0.6) is 11.5 Å². The average molecular weight is 437 g/mol. The first-order chi connectivity index (χ1) is 15.6. The maximum absolute atomic E-state index is 6.20. The van der Waals surface area contributed by atoms with Crippen molar-refractivity contribution in [2.24, 2.45) is 10.7 Å². The van der Waals surface area contributed by atoms with Gasteiger partial charge in [-0.15, -0.1) is 0 Å². The molecule has 0 unspecified atom stereocenters. The maximum Gasteiger partial charge on any atom is 0.193 e. The van der Waals surface area contributed by atoms with Crippen LogP contribution in [0.2, 0.25) is 0 Å². The van der Waals surface area contributed by atoms with Crippen LogP contribution in [0.15, 0.2) is 70.3 Å². The summed E-state index contributed by atoms with van der Waals surface area (Å²) < 4.78 is 16.7. The van der Waals surface area contributed by atoms with Crippen LogP contribution in [0.3, 0.4) is 0 Å². The lowest BCUT2D eigenvalue weighted by Crippen LogP contribution is -2.23. The van der Waals surface area contributed by atoms with Crippen molar-refractivity contribution in [1.82, 2.24) is 4.90 Å². The second-order valence-electron chi connectivity index (χ2n) is 7.37. The molecule has 3 rings (SSSR count). The summed E-state index contributed by atoms with van der Waals surface area (Å²) in [7, 11) is 2.07. The molecule has 7 nitrogen and oxygen atoms in total. The van der Waals surface area contributed by atoms with Gasteiger partial charge in [-0.2, -0.15) is 0 Å². The van der Waals surface area contributed by atoms with E-state index < -0.39 is 0 Å². The molecule has 0 atom stereocenters. The van der Waals surface area contributed by atoms with Crippen LogP contribution in [0.4, 0.5) is 5.69 Å². The Bertz CT molecular complexity index is 1000. The SMILES string of the molecule is CCOc1ccc(OCC)c(NC(N)=NCc2ccccc2CN(C)Cc2ccco2)c1. The van der Waals surface area contributed by atoms with Crippen LogP contribution >= 0.6 is 0 Å². The Hall–Kier alpha value is -3.45. The number of hydrogen-bond donors (Lipinski definition) is 2. The Labute approximate surface area is 189 Å². The number of nitrogens with one attached hydrogen (secondary N) is 1. The quantitative estimate of drug-likeness (QED) is 0.337. The average Bonchev–Trinajstić information content (AvgIpc) is 3.28. The number of nitrogens with zero attached hydrogens (tertiary/aromatic N) is 2. The van der Waals surface area contributed by atoms with Crippen molar-refractivity contribution in [3.8, 4) is 11.5 Å². The summed E-state index contributed by atoms with van der Waals surface area (Å²) in [5, 5.41) is 3.15. The zero-order chi connectivity index (χ0) is 22.8. The number of benzene rings is 2. The van der Waals surface area contributed by atoms with Crippen molar-refractivity contribution >= 4 is 11.6 Å². The van der Waals surface area contributed by atoms with E-state index in [1.54, 1.807) is 6.26 Å². The summed E-state index contributed by atoms with van der Waals surface area (Å²) in [5.74, 6) is 2.71. The molecular weight excluding hydrogens is 404 g/mol. The standard InChI is InChI=1S/C25H32N4O3/c1-4-30-21-12-13-24(31-5-2)23(15-21)28-25(26)27-16-19-9-6-7-10-20(19)17-29(3)18-22-11-8-14-32-22/h6-15H,4-5,16-18H2,1-3H3,(H3,26,27,28). The number of ether oxygens (including phenoxy) is 2. The Morgan fingerprint density at radius 3 is 2.50 bits per heavy atom. The van der Waals surface area contributed by atoms with Crippen molar-refractivity contribution < 1.29 is 13.9 Å². The Morgan fingerprint density at radius 1 is 1.00 bits per heavy atom. The predicted octanol–water partition coefficient (Wildman–Crippen LogP) is 4.64. The molecule has 0 spiro atoms. The van der Waals surface area contributed by atoms with Gasteiger partial charge in [-0.05, 0) is 56.3 Å². The molecule has 0 aliphatic rings. The van der Waals surface area contributed by atoms with Crippen LogP contribution < -0.4 is 20.5 Å². The van der Waals surface area contributed by atoms with Crippen molar-refractivity contribution in [2.45, 2.75) is 33.5 Å². The number of hydrogen-bond acceptors (Lipinski definition) is 5. The van der Waals surface area contributed by atoms with E-state index in [1.807, 2.05) is 56.3 Å². The van der Waals surface area contributed by atoms with E-state index in [2.05, 4.69) is 34.4 Å². The molecule has 0 bridgehead atoms. The highest BCUT2D eigenvalue weighted by atomic mass is 16.5. The van der Waals surface area contributed by atoms with Crippen molar-refractivity contribution in [3.05, 3.63) is 77.7 Å². The molecule has 0 aliphatic heterocycles. The largest absolute Gasteiger partial charge is 0.494 e. The molecule has 0 amide bonds. The van der Waals surface area contributed by atoms with Crippen LogP contribution in [-0.2, 0) is 19.6 Å². The van der Waals surface area contributed by atoms with Gasteiger partial charge in [0.1, 0.15) is 17.3 Å². The van der Waals surface area contributed by atoms with Gasteiger partial charge in [0.05, 0.1) is 38.3 Å². The molecule has 0 saturated heterocycles. The lowest BCUT2D eigenvalue weighted by atomic mass is 10.1. The van der Waals surface area contributed by atoms with Crippen LogP contribution in [0.1, 0.15) is 30.7 Å². The van der Waals surface area contributed by atoms with Gasteiger partial charge >= 0.3 is 0 Å². The highest BCUT2D eigenvalue weighted by Crippen LogP contribution is 2.29. The monoisotopic (exact) mass is 436 g/mol. The lowest BCUT2D eigenvalue weighted by molar-refractivity contribution is 0.287. The summed E-state index contributed by atoms with van der Waals surface area (Å²) >= 11 is 0. The van der Waals surface area contributed by atoms with E-state index in [-0.39, 0.29) is 0 Å². The molecule has 3 N–H and O–H groups in total. The normalized spacial score (nSPS) is 11.6.